The second-order valence-corrected chi connectivity index (χ2v) is 4.53. The molecular weight excluding hydrogens is 252 g/mol. The number of imidazole rings is 1. The van der Waals surface area contributed by atoms with Crippen LogP contribution >= 0.6 is 11.3 Å². The molecule has 2 aromatic rings. The average Bonchev–Trinajstić information content (AvgIpc) is 2.95. The van der Waals surface area contributed by atoms with Crippen molar-refractivity contribution in [2.24, 2.45) is 0 Å². The Hall–Kier alpha value is -2.64. The zero-order valence-corrected chi connectivity index (χ0v) is 9.81. The maximum Gasteiger partial charge on any atom is 0.345 e. The predicted molar refractivity (Wildman–Crippen MR) is 62.0 cm³/mol. The zero-order valence-electron chi connectivity index (χ0n) is 8.99. The summed E-state index contributed by atoms with van der Waals surface area (Å²) in [7, 11) is 0. The van der Waals surface area contributed by atoms with E-state index in [0.717, 1.165) is 16.2 Å². The lowest BCUT2D eigenvalue weighted by molar-refractivity contribution is 0.0702. The molecule has 6 nitrogen and oxygen atoms in total. The van der Waals surface area contributed by atoms with Gasteiger partial charge in [-0.2, -0.15) is 10.5 Å². The number of aromatic carboxylic acids is 1. The van der Waals surface area contributed by atoms with E-state index in [9.17, 15) is 4.79 Å². The lowest BCUT2D eigenvalue weighted by atomic mass is 10.3. The molecule has 2 rings (SSSR count). The molecule has 0 aromatic carbocycles. The Morgan fingerprint density at radius 2 is 2.22 bits per heavy atom. The van der Waals surface area contributed by atoms with Crippen LogP contribution in [0.4, 0.5) is 0 Å². The molecule has 1 N–H and O–H groups in total. The normalized spacial score (nSPS) is 9.67. The van der Waals surface area contributed by atoms with Crippen molar-refractivity contribution in [3.63, 3.8) is 0 Å². The highest BCUT2D eigenvalue weighted by molar-refractivity contribution is 7.13. The summed E-state index contributed by atoms with van der Waals surface area (Å²) in [6.07, 6.45) is 1.40. The minimum Gasteiger partial charge on any atom is -0.477 e. The summed E-state index contributed by atoms with van der Waals surface area (Å²) in [5.41, 5.74) is 0.260. The number of carbonyl (C=O) groups is 1. The number of thiophene rings is 1. The van der Waals surface area contributed by atoms with Gasteiger partial charge in [-0.05, 0) is 12.1 Å². The highest BCUT2D eigenvalue weighted by Crippen LogP contribution is 2.18. The number of hydrogen-bond donors (Lipinski definition) is 1. The van der Waals surface area contributed by atoms with Gasteiger partial charge in [0.1, 0.15) is 17.0 Å². The van der Waals surface area contributed by atoms with Crippen LogP contribution < -0.4 is 0 Å². The first-order valence-electron chi connectivity index (χ1n) is 4.83. The number of aromatic nitrogens is 2. The van der Waals surface area contributed by atoms with Crippen LogP contribution in [0.1, 0.15) is 25.9 Å². The summed E-state index contributed by atoms with van der Waals surface area (Å²) < 4.78 is 1.52. The van der Waals surface area contributed by atoms with Crippen molar-refractivity contribution in [2.75, 3.05) is 0 Å². The topological polar surface area (TPSA) is 103 Å². The number of carboxylic acids is 1. The molecule has 0 aliphatic rings. The summed E-state index contributed by atoms with van der Waals surface area (Å²) in [6.45, 7) is 0.329. The van der Waals surface area contributed by atoms with Crippen molar-refractivity contribution in [2.45, 2.75) is 6.54 Å². The second-order valence-electron chi connectivity index (χ2n) is 3.36. The molecule has 7 heteroatoms. The third kappa shape index (κ3) is 2.08. The average molecular weight is 258 g/mol. The zero-order chi connectivity index (χ0) is 13.1. The molecule has 2 aromatic heterocycles. The van der Waals surface area contributed by atoms with Crippen LogP contribution in [-0.4, -0.2) is 20.6 Å². The summed E-state index contributed by atoms with van der Waals surface area (Å²) in [4.78, 5) is 15.6. The van der Waals surface area contributed by atoms with Gasteiger partial charge in [0, 0.05) is 4.88 Å². The van der Waals surface area contributed by atoms with Crippen molar-refractivity contribution in [1.29, 1.82) is 10.5 Å². The Balaban J connectivity index is 2.29. The predicted octanol–water partition coefficient (Wildman–Crippen LogP) is 1.43. The molecule has 0 aliphatic heterocycles. The molecule has 18 heavy (non-hydrogen) atoms. The first kappa shape index (κ1) is 11.8. The van der Waals surface area contributed by atoms with Crippen molar-refractivity contribution in [1.82, 2.24) is 9.55 Å². The van der Waals surface area contributed by atoms with Gasteiger partial charge in [-0.25, -0.2) is 9.78 Å². The lowest BCUT2D eigenvalue weighted by Crippen LogP contribution is -1.99. The molecule has 2 heterocycles. The molecule has 0 amide bonds. The summed E-state index contributed by atoms with van der Waals surface area (Å²) >= 11 is 1.13. The molecule has 0 saturated heterocycles. The fourth-order valence-electron chi connectivity index (χ4n) is 1.45. The first-order valence-corrected chi connectivity index (χ1v) is 5.64. The molecule has 0 radical (unpaired) electrons. The molecule has 0 aliphatic carbocycles. The maximum atomic E-state index is 10.7. The molecule has 0 unspecified atom stereocenters. The largest absolute Gasteiger partial charge is 0.477 e. The highest BCUT2D eigenvalue weighted by Gasteiger charge is 2.12. The lowest BCUT2D eigenvalue weighted by Gasteiger charge is -2.00. The highest BCUT2D eigenvalue weighted by atomic mass is 32.1. The van der Waals surface area contributed by atoms with Gasteiger partial charge in [0.2, 0.25) is 0 Å². The van der Waals surface area contributed by atoms with Gasteiger partial charge in [0.05, 0.1) is 12.9 Å². The molecular formula is C11H6N4O2S. The Labute approximate surface area is 106 Å². The van der Waals surface area contributed by atoms with Crippen molar-refractivity contribution in [3.8, 4) is 12.1 Å². The maximum absolute atomic E-state index is 10.7. The quantitative estimate of drug-likeness (QED) is 0.897. The minimum absolute atomic E-state index is 0.0764. The number of rotatable bonds is 3. The van der Waals surface area contributed by atoms with Gasteiger partial charge in [-0.1, -0.05) is 0 Å². The van der Waals surface area contributed by atoms with E-state index in [0.29, 0.717) is 6.54 Å². The van der Waals surface area contributed by atoms with Crippen LogP contribution in [0.3, 0.4) is 0 Å². The van der Waals surface area contributed by atoms with Crippen LogP contribution in [0, 0.1) is 22.7 Å². The van der Waals surface area contributed by atoms with E-state index in [1.807, 2.05) is 12.1 Å². The smallest absolute Gasteiger partial charge is 0.345 e. The van der Waals surface area contributed by atoms with Gasteiger partial charge < -0.3 is 9.67 Å². The standard InChI is InChI=1S/C11H6N4O2S/c12-3-8-9(4-13)15(6-14-8)5-7-1-2-10(18-7)11(16)17/h1-2,6H,5H2,(H,16,17). The summed E-state index contributed by atoms with van der Waals surface area (Å²) in [6, 6.07) is 6.93. The van der Waals surface area contributed by atoms with Crippen molar-refractivity contribution >= 4 is 17.3 Å². The van der Waals surface area contributed by atoms with Gasteiger partial charge in [0.25, 0.3) is 0 Å². The molecule has 0 atom stereocenters. The fraction of sp³-hybridized carbons (Fsp3) is 0.0909. The van der Waals surface area contributed by atoms with E-state index >= 15 is 0 Å². The van der Waals surface area contributed by atoms with E-state index in [-0.39, 0.29) is 16.3 Å². The van der Waals surface area contributed by atoms with Crippen LogP contribution in [0.5, 0.6) is 0 Å². The molecule has 0 fully saturated rings. The van der Waals surface area contributed by atoms with E-state index in [2.05, 4.69) is 4.98 Å². The van der Waals surface area contributed by atoms with Crippen molar-refractivity contribution in [3.05, 3.63) is 39.6 Å². The summed E-state index contributed by atoms with van der Waals surface area (Å²) in [5, 5.41) is 26.5. The Kier molecular flexibility index (Phi) is 3.09. The first-order chi connectivity index (χ1) is 8.65. The number of nitrogens with zero attached hydrogens (tertiary/aromatic N) is 4. The van der Waals surface area contributed by atoms with E-state index in [1.54, 1.807) is 6.07 Å². The number of carboxylic acid groups (broad SMARTS) is 1. The van der Waals surface area contributed by atoms with Gasteiger partial charge in [-0.3, -0.25) is 0 Å². The minimum atomic E-state index is -0.977. The van der Waals surface area contributed by atoms with E-state index < -0.39 is 5.97 Å². The number of hydrogen-bond acceptors (Lipinski definition) is 5. The van der Waals surface area contributed by atoms with Gasteiger partial charge in [-0.15, -0.1) is 11.3 Å². The van der Waals surface area contributed by atoms with Crippen LogP contribution in [0.15, 0.2) is 18.5 Å². The Morgan fingerprint density at radius 3 is 2.78 bits per heavy atom. The SMILES string of the molecule is N#Cc1ncn(Cc2ccc(C(=O)O)s2)c1C#N. The van der Waals surface area contributed by atoms with Gasteiger partial charge in [0.15, 0.2) is 11.4 Å². The molecule has 88 valence electrons. The monoisotopic (exact) mass is 258 g/mol. The Morgan fingerprint density at radius 1 is 1.44 bits per heavy atom. The van der Waals surface area contributed by atoms with Crippen LogP contribution in [0.25, 0.3) is 0 Å². The Bertz CT molecular complexity index is 687. The van der Waals surface area contributed by atoms with Crippen LogP contribution in [-0.2, 0) is 6.54 Å². The van der Waals surface area contributed by atoms with Crippen molar-refractivity contribution < 1.29 is 9.90 Å². The summed E-state index contributed by atoms with van der Waals surface area (Å²) in [5.74, 6) is -0.977. The second kappa shape index (κ2) is 4.70. The van der Waals surface area contributed by atoms with E-state index in [1.165, 1.54) is 17.0 Å². The van der Waals surface area contributed by atoms with E-state index in [4.69, 9.17) is 15.6 Å². The number of nitriles is 2. The third-order valence-electron chi connectivity index (χ3n) is 2.25. The molecule has 0 bridgehead atoms. The van der Waals surface area contributed by atoms with Crippen LogP contribution in [0.2, 0.25) is 0 Å². The van der Waals surface area contributed by atoms with Gasteiger partial charge >= 0.3 is 5.97 Å². The molecule has 0 saturated carbocycles. The fourth-order valence-corrected chi connectivity index (χ4v) is 2.29. The molecule has 0 spiro atoms. The third-order valence-corrected chi connectivity index (χ3v) is 3.31.